The van der Waals surface area contributed by atoms with Crippen molar-refractivity contribution in [2.45, 2.75) is 67.2 Å². The molecule has 1 aliphatic carbocycles. The molecule has 0 bridgehead atoms. The Morgan fingerprint density at radius 3 is 1.94 bits per heavy atom. The SMILES string of the molecule is CC.CCC.CCc1cc(CC)c2c(c1)C2. The topological polar surface area (TPSA) is 0 Å². The highest BCUT2D eigenvalue weighted by atomic mass is 14.2. The molecule has 0 unspecified atom stereocenters. The zero-order valence-electron chi connectivity index (χ0n) is 12.0. The van der Waals surface area contributed by atoms with Gasteiger partial charge in [-0.15, -0.1) is 0 Å². The molecule has 0 atom stereocenters. The van der Waals surface area contributed by atoms with Crippen LogP contribution in [0.3, 0.4) is 0 Å². The van der Waals surface area contributed by atoms with Gasteiger partial charge in [0.25, 0.3) is 0 Å². The molecule has 0 aliphatic heterocycles. The van der Waals surface area contributed by atoms with Gasteiger partial charge in [0.1, 0.15) is 0 Å². The van der Waals surface area contributed by atoms with Crippen LogP contribution >= 0.6 is 0 Å². The fourth-order valence-electron chi connectivity index (χ4n) is 1.70. The van der Waals surface area contributed by atoms with Gasteiger partial charge in [-0.05, 0) is 41.5 Å². The van der Waals surface area contributed by atoms with Crippen molar-refractivity contribution >= 4 is 0 Å². The van der Waals surface area contributed by atoms with Gasteiger partial charge < -0.3 is 0 Å². The molecule has 0 saturated heterocycles. The molecule has 0 amide bonds. The highest BCUT2D eigenvalue weighted by Gasteiger charge is 2.20. The molecule has 16 heavy (non-hydrogen) atoms. The summed E-state index contributed by atoms with van der Waals surface area (Å²) in [5, 5.41) is 0. The summed E-state index contributed by atoms with van der Waals surface area (Å²) in [5.74, 6) is 0. The minimum atomic E-state index is 1.18. The van der Waals surface area contributed by atoms with Gasteiger partial charge in [0.2, 0.25) is 0 Å². The average Bonchev–Trinajstić information content (AvgIpc) is 3.10. The zero-order valence-corrected chi connectivity index (χ0v) is 12.0. The van der Waals surface area contributed by atoms with Crippen LogP contribution in [0.2, 0.25) is 0 Å². The van der Waals surface area contributed by atoms with Gasteiger partial charge in [-0.25, -0.2) is 0 Å². The maximum Gasteiger partial charge on any atom is -0.00171 e. The third-order valence-corrected chi connectivity index (χ3v) is 2.53. The molecule has 1 aromatic rings. The Bertz CT molecular complexity index is 297. The fraction of sp³-hybridized carbons (Fsp3) is 0.625. The zero-order chi connectivity index (χ0) is 12.6. The van der Waals surface area contributed by atoms with Gasteiger partial charge >= 0.3 is 0 Å². The monoisotopic (exact) mass is 220 g/mol. The van der Waals surface area contributed by atoms with Crippen molar-refractivity contribution in [3.05, 3.63) is 34.4 Å². The molecule has 0 heteroatoms. The quantitative estimate of drug-likeness (QED) is 0.656. The summed E-state index contributed by atoms with van der Waals surface area (Å²) in [4.78, 5) is 0. The Morgan fingerprint density at radius 2 is 1.50 bits per heavy atom. The van der Waals surface area contributed by atoms with Crippen molar-refractivity contribution in [1.82, 2.24) is 0 Å². The minimum Gasteiger partial charge on any atom is -0.0683 e. The molecule has 1 aromatic carbocycles. The molecule has 0 radical (unpaired) electrons. The fourth-order valence-corrected chi connectivity index (χ4v) is 1.70. The Balaban J connectivity index is 0.000000394. The summed E-state index contributed by atoms with van der Waals surface area (Å²) in [6.07, 6.45) is 4.90. The largest absolute Gasteiger partial charge is 0.0683 e. The summed E-state index contributed by atoms with van der Waals surface area (Å²) < 4.78 is 0. The van der Waals surface area contributed by atoms with E-state index in [0.717, 1.165) is 0 Å². The second-order valence-electron chi connectivity index (χ2n) is 3.98. The predicted octanol–water partition coefficient (Wildman–Crippen LogP) is 5.16. The minimum absolute atomic E-state index is 1.18. The van der Waals surface area contributed by atoms with Crippen molar-refractivity contribution in [3.63, 3.8) is 0 Å². The van der Waals surface area contributed by atoms with E-state index in [1.165, 1.54) is 31.2 Å². The van der Waals surface area contributed by atoms with Crippen molar-refractivity contribution in [2.75, 3.05) is 0 Å². The van der Waals surface area contributed by atoms with E-state index in [1.807, 2.05) is 13.8 Å². The lowest BCUT2D eigenvalue weighted by Crippen LogP contribution is -1.83. The van der Waals surface area contributed by atoms with Crippen LogP contribution in [-0.4, -0.2) is 0 Å². The van der Waals surface area contributed by atoms with Crippen LogP contribution in [0, 0.1) is 0 Å². The lowest BCUT2D eigenvalue weighted by atomic mass is 10.1. The first-order chi connectivity index (χ1) is 7.76. The summed E-state index contributed by atoms with van der Waals surface area (Å²) in [5.41, 5.74) is 6.32. The van der Waals surface area contributed by atoms with Crippen molar-refractivity contribution in [3.8, 4) is 0 Å². The number of hydrogen-bond acceptors (Lipinski definition) is 0. The van der Waals surface area contributed by atoms with E-state index < -0.39 is 0 Å². The van der Waals surface area contributed by atoms with Crippen LogP contribution in [0.25, 0.3) is 0 Å². The molecule has 0 fully saturated rings. The summed E-state index contributed by atoms with van der Waals surface area (Å²) in [7, 11) is 0. The van der Waals surface area contributed by atoms with E-state index in [9.17, 15) is 0 Å². The smallest absolute Gasteiger partial charge is 0.00171 e. The van der Waals surface area contributed by atoms with E-state index in [2.05, 4.69) is 39.8 Å². The molecule has 92 valence electrons. The van der Waals surface area contributed by atoms with Crippen molar-refractivity contribution in [1.29, 1.82) is 0 Å². The molecule has 0 N–H and O–H groups in total. The van der Waals surface area contributed by atoms with Gasteiger partial charge in [-0.1, -0.05) is 60.1 Å². The summed E-state index contributed by atoms with van der Waals surface area (Å²) in [6, 6.07) is 4.72. The second kappa shape index (κ2) is 8.38. The van der Waals surface area contributed by atoms with E-state index in [4.69, 9.17) is 0 Å². The highest BCUT2D eigenvalue weighted by Crippen LogP contribution is 2.33. The van der Waals surface area contributed by atoms with E-state index in [-0.39, 0.29) is 0 Å². The van der Waals surface area contributed by atoms with Crippen LogP contribution in [0.15, 0.2) is 12.1 Å². The second-order valence-corrected chi connectivity index (χ2v) is 3.98. The molecule has 1 aliphatic rings. The number of benzene rings is 1. The van der Waals surface area contributed by atoms with E-state index >= 15 is 0 Å². The maximum atomic E-state index is 2.37. The first-order valence-corrected chi connectivity index (χ1v) is 6.90. The van der Waals surface area contributed by atoms with Gasteiger partial charge in [-0.2, -0.15) is 0 Å². The summed E-state index contributed by atoms with van der Waals surface area (Å²) >= 11 is 0. The van der Waals surface area contributed by atoms with Crippen LogP contribution in [0.4, 0.5) is 0 Å². The lowest BCUT2D eigenvalue weighted by molar-refractivity contribution is 1.09. The van der Waals surface area contributed by atoms with Gasteiger partial charge in [0.05, 0.1) is 0 Å². The van der Waals surface area contributed by atoms with Crippen LogP contribution in [0.5, 0.6) is 0 Å². The third-order valence-electron chi connectivity index (χ3n) is 2.53. The molecule has 0 heterocycles. The highest BCUT2D eigenvalue weighted by molar-refractivity contribution is 5.52. The predicted molar refractivity (Wildman–Crippen MR) is 75.3 cm³/mol. The molecular weight excluding hydrogens is 192 g/mol. The Hall–Kier alpha value is -0.780. The lowest BCUT2D eigenvalue weighted by Gasteiger charge is -1.98. The maximum absolute atomic E-state index is 2.37. The average molecular weight is 220 g/mol. The standard InChI is InChI=1S/C11H14.C3H8.C2H6/c1-3-8-5-9(4-2)11-7-10(11)6-8;1-3-2;1-2/h5-6H,3-4,7H2,1-2H3;3H2,1-2H3;1-2H3. The van der Waals surface area contributed by atoms with Crippen LogP contribution < -0.4 is 0 Å². The van der Waals surface area contributed by atoms with E-state index in [1.54, 1.807) is 16.7 Å². The number of fused-ring (bicyclic) bond motifs is 1. The van der Waals surface area contributed by atoms with Crippen LogP contribution in [-0.2, 0) is 19.3 Å². The number of hydrogen-bond donors (Lipinski definition) is 0. The van der Waals surface area contributed by atoms with Crippen molar-refractivity contribution in [2.24, 2.45) is 0 Å². The number of aryl methyl sites for hydroxylation is 2. The van der Waals surface area contributed by atoms with Gasteiger partial charge in [-0.3, -0.25) is 0 Å². The molecule has 0 spiro atoms. The number of rotatable bonds is 2. The third kappa shape index (κ3) is 4.38. The molecule has 0 nitrogen and oxygen atoms in total. The Kier molecular flexibility index (Phi) is 7.97. The molecule has 0 saturated carbocycles. The van der Waals surface area contributed by atoms with E-state index in [0.29, 0.717) is 0 Å². The normalized spacial score (nSPS) is 10.4. The summed E-state index contributed by atoms with van der Waals surface area (Å²) in [6.45, 7) is 12.7. The first kappa shape index (κ1) is 15.2. The first-order valence-electron chi connectivity index (χ1n) is 6.90. The molecule has 2 rings (SSSR count). The Morgan fingerprint density at radius 1 is 0.938 bits per heavy atom. The molecule has 0 aromatic heterocycles. The Labute approximate surface area is 102 Å². The molecular formula is C16H28. The van der Waals surface area contributed by atoms with Gasteiger partial charge in [0.15, 0.2) is 0 Å². The van der Waals surface area contributed by atoms with Gasteiger partial charge in [0, 0.05) is 0 Å². The van der Waals surface area contributed by atoms with Crippen LogP contribution in [0.1, 0.15) is 70.2 Å². The van der Waals surface area contributed by atoms with Crippen molar-refractivity contribution < 1.29 is 0 Å².